The van der Waals surface area contributed by atoms with Gasteiger partial charge in [0.25, 0.3) is 0 Å². The summed E-state index contributed by atoms with van der Waals surface area (Å²) in [6.07, 6.45) is 0.927. The van der Waals surface area contributed by atoms with Gasteiger partial charge in [-0.05, 0) is 42.7 Å². The van der Waals surface area contributed by atoms with Crippen molar-refractivity contribution in [3.63, 3.8) is 0 Å². The second-order valence-electron chi connectivity index (χ2n) is 7.37. The zero-order valence-electron chi connectivity index (χ0n) is 17.4. The first-order chi connectivity index (χ1) is 14.9. The van der Waals surface area contributed by atoms with Crippen LogP contribution in [0.1, 0.15) is 18.4 Å². The van der Waals surface area contributed by atoms with Crippen molar-refractivity contribution in [1.29, 1.82) is 0 Å². The number of hydrogen-bond donors (Lipinski definition) is 1. The van der Waals surface area contributed by atoms with Crippen molar-refractivity contribution in [1.82, 2.24) is 9.62 Å². The van der Waals surface area contributed by atoms with Gasteiger partial charge in [0.2, 0.25) is 15.9 Å². The number of carbonyl (C=O) groups is 1. The maximum atomic E-state index is 13.0. The number of nitrogens with zero attached hydrogens (tertiary/aromatic N) is 1. The Morgan fingerprint density at radius 2 is 1.81 bits per heavy atom. The van der Waals surface area contributed by atoms with E-state index in [2.05, 4.69) is 5.32 Å². The molecule has 0 aliphatic carbocycles. The fraction of sp³-hybridized carbons (Fsp3) is 0.409. The summed E-state index contributed by atoms with van der Waals surface area (Å²) in [5.74, 6) is 0.461. The molecule has 3 rings (SSSR count). The molecule has 1 aliphatic rings. The highest BCUT2D eigenvalue weighted by molar-refractivity contribution is 7.88. The van der Waals surface area contributed by atoms with E-state index in [4.69, 9.17) is 9.47 Å². The lowest BCUT2D eigenvalue weighted by Gasteiger charge is -2.30. The number of halogens is 1. The summed E-state index contributed by atoms with van der Waals surface area (Å²) in [6, 6.07) is 12.7. The summed E-state index contributed by atoms with van der Waals surface area (Å²) >= 11 is 0. The first-order valence-electron chi connectivity index (χ1n) is 10.1. The largest absolute Gasteiger partial charge is 0.497 e. The van der Waals surface area contributed by atoms with E-state index in [1.807, 2.05) is 18.2 Å². The molecule has 0 unspecified atom stereocenters. The number of rotatable bonds is 9. The first kappa shape index (κ1) is 23.0. The van der Waals surface area contributed by atoms with Crippen molar-refractivity contribution in [2.24, 2.45) is 5.92 Å². The van der Waals surface area contributed by atoms with Crippen molar-refractivity contribution in [2.45, 2.75) is 18.6 Å². The molecule has 2 aromatic rings. The minimum Gasteiger partial charge on any atom is -0.497 e. The molecule has 0 radical (unpaired) electrons. The number of ether oxygens (including phenoxy) is 2. The Bertz CT molecular complexity index is 974. The lowest BCUT2D eigenvalue weighted by Crippen LogP contribution is -2.43. The molecule has 31 heavy (non-hydrogen) atoms. The Kier molecular flexibility index (Phi) is 7.86. The van der Waals surface area contributed by atoms with Gasteiger partial charge >= 0.3 is 0 Å². The third-order valence-corrected chi connectivity index (χ3v) is 7.04. The molecule has 1 saturated heterocycles. The van der Waals surface area contributed by atoms with Crippen molar-refractivity contribution in [3.05, 3.63) is 59.9 Å². The summed E-state index contributed by atoms with van der Waals surface area (Å²) in [7, 11) is -1.92. The average molecular weight is 451 g/mol. The maximum absolute atomic E-state index is 13.0. The molecule has 168 valence electrons. The first-order valence-corrected chi connectivity index (χ1v) is 11.7. The molecule has 0 aromatic heterocycles. The normalized spacial score (nSPS) is 15.4. The van der Waals surface area contributed by atoms with Gasteiger partial charge in [-0.1, -0.05) is 18.2 Å². The molecule has 9 heteroatoms. The number of piperidine rings is 1. The molecule has 0 spiro atoms. The lowest BCUT2D eigenvalue weighted by molar-refractivity contribution is -0.126. The molecule has 2 aromatic carbocycles. The highest BCUT2D eigenvalue weighted by atomic mass is 32.2. The van der Waals surface area contributed by atoms with E-state index in [9.17, 15) is 17.6 Å². The van der Waals surface area contributed by atoms with Crippen LogP contribution in [0.3, 0.4) is 0 Å². The highest BCUT2D eigenvalue weighted by Crippen LogP contribution is 2.22. The van der Waals surface area contributed by atoms with Crippen LogP contribution < -0.4 is 14.8 Å². The van der Waals surface area contributed by atoms with Gasteiger partial charge in [-0.2, -0.15) is 0 Å². The Balaban J connectivity index is 1.40. The molecule has 1 amide bonds. The van der Waals surface area contributed by atoms with Crippen LogP contribution in [-0.2, 0) is 20.6 Å². The quantitative estimate of drug-likeness (QED) is 0.594. The number of methoxy groups -OCH3 is 1. The Morgan fingerprint density at radius 1 is 1.13 bits per heavy atom. The number of hydrogen-bond acceptors (Lipinski definition) is 5. The van der Waals surface area contributed by atoms with E-state index in [0.717, 1.165) is 0 Å². The molecule has 1 heterocycles. The predicted molar refractivity (Wildman–Crippen MR) is 115 cm³/mol. The third-order valence-electron chi connectivity index (χ3n) is 5.19. The van der Waals surface area contributed by atoms with E-state index in [1.165, 1.54) is 28.6 Å². The SMILES string of the molecule is COc1cccc(OCCNC(=O)C2CCN(S(=O)(=O)Cc3ccc(F)cc3)CC2)c1. The van der Waals surface area contributed by atoms with Crippen LogP contribution in [0.2, 0.25) is 0 Å². The fourth-order valence-corrected chi connectivity index (χ4v) is 5.02. The van der Waals surface area contributed by atoms with Gasteiger partial charge in [0.05, 0.1) is 19.4 Å². The van der Waals surface area contributed by atoms with Gasteiger partial charge in [0.15, 0.2) is 0 Å². The standard InChI is InChI=1S/C22H27FN2O5S/c1-29-20-3-2-4-21(15-20)30-14-11-24-22(26)18-9-12-25(13-10-18)31(27,28)16-17-5-7-19(23)8-6-17/h2-8,15,18H,9-14,16H2,1H3,(H,24,26). The van der Waals surface area contributed by atoms with Crippen LogP contribution in [0.15, 0.2) is 48.5 Å². The van der Waals surface area contributed by atoms with Crippen LogP contribution in [0, 0.1) is 11.7 Å². The van der Waals surface area contributed by atoms with Crippen molar-refractivity contribution < 1.29 is 27.1 Å². The summed E-state index contributed by atoms with van der Waals surface area (Å²) < 4.78 is 50.4. The molecular weight excluding hydrogens is 423 g/mol. The fourth-order valence-electron chi connectivity index (χ4n) is 3.46. The number of carbonyl (C=O) groups excluding carboxylic acids is 1. The molecule has 0 atom stereocenters. The topological polar surface area (TPSA) is 84.9 Å². The van der Waals surface area contributed by atoms with Crippen LogP contribution in [0.25, 0.3) is 0 Å². The van der Waals surface area contributed by atoms with E-state index in [1.54, 1.807) is 13.2 Å². The lowest BCUT2D eigenvalue weighted by atomic mass is 9.97. The Labute approximate surface area is 182 Å². The van der Waals surface area contributed by atoms with Crippen molar-refractivity contribution >= 4 is 15.9 Å². The second kappa shape index (κ2) is 10.6. The smallest absolute Gasteiger partial charge is 0.223 e. The van der Waals surface area contributed by atoms with Gasteiger partial charge in [-0.3, -0.25) is 4.79 Å². The van der Waals surface area contributed by atoms with E-state index in [-0.39, 0.29) is 17.6 Å². The molecular formula is C22H27FN2O5S. The minimum absolute atomic E-state index is 0.0928. The van der Waals surface area contributed by atoms with Gasteiger partial charge in [-0.15, -0.1) is 0 Å². The zero-order chi connectivity index (χ0) is 22.3. The van der Waals surface area contributed by atoms with Gasteiger partial charge in [0.1, 0.15) is 23.9 Å². The molecule has 7 nitrogen and oxygen atoms in total. The molecule has 1 aliphatic heterocycles. The van der Waals surface area contributed by atoms with Crippen LogP contribution in [0.4, 0.5) is 4.39 Å². The van der Waals surface area contributed by atoms with Gasteiger partial charge in [-0.25, -0.2) is 17.1 Å². The number of sulfonamides is 1. The average Bonchev–Trinajstić information content (AvgIpc) is 2.78. The van der Waals surface area contributed by atoms with E-state index in [0.29, 0.717) is 56.1 Å². The summed E-state index contributed by atoms with van der Waals surface area (Å²) in [5, 5.41) is 2.85. The number of amides is 1. The molecule has 0 bridgehead atoms. The summed E-state index contributed by atoms with van der Waals surface area (Å²) in [4.78, 5) is 12.4. The van der Waals surface area contributed by atoms with Crippen molar-refractivity contribution in [2.75, 3.05) is 33.4 Å². The molecule has 1 N–H and O–H groups in total. The van der Waals surface area contributed by atoms with E-state index >= 15 is 0 Å². The second-order valence-corrected chi connectivity index (χ2v) is 9.34. The van der Waals surface area contributed by atoms with Crippen LogP contribution in [-0.4, -0.2) is 52.0 Å². The Hall–Kier alpha value is -2.65. The number of benzene rings is 2. The molecule has 0 saturated carbocycles. The van der Waals surface area contributed by atoms with Crippen LogP contribution in [0.5, 0.6) is 11.5 Å². The maximum Gasteiger partial charge on any atom is 0.223 e. The minimum atomic E-state index is -3.51. The van der Waals surface area contributed by atoms with Crippen LogP contribution >= 0.6 is 0 Å². The van der Waals surface area contributed by atoms with Crippen molar-refractivity contribution in [3.8, 4) is 11.5 Å². The van der Waals surface area contributed by atoms with E-state index < -0.39 is 15.8 Å². The highest BCUT2D eigenvalue weighted by Gasteiger charge is 2.31. The van der Waals surface area contributed by atoms with Gasteiger partial charge in [0, 0.05) is 25.1 Å². The summed E-state index contributed by atoms with van der Waals surface area (Å²) in [6.45, 7) is 1.27. The zero-order valence-corrected chi connectivity index (χ0v) is 18.2. The third kappa shape index (κ3) is 6.67. The molecule has 1 fully saturated rings. The predicted octanol–water partition coefficient (Wildman–Crippen LogP) is 2.57. The van der Waals surface area contributed by atoms with Gasteiger partial charge < -0.3 is 14.8 Å². The monoisotopic (exact) mass is 450 g/mol. The number of nitrogens with one attached hydrogen (secondary N) is 1. The summed E-state index contributed by atoms with van der Waals surface area (Å²) in [5.41, 5.74) is 0.539. The Morgan fingerprint density at radius 3 is 2.48 bits per heavy atom.